The Morgan fingerprint density at radius 2 is 1.95 bits per heavy atom. The first-order chi connectivity index (χ1) is 9.49. The average Bonchev–Trinajstić information content (AvgIpc) is 2.81. The predicted molar refractivity (Wildman–Crippen MR) is 65.6 cm³/mol. The Morgan fingerprint density at radius 1 is 1.30 bits per heavy atom. The minimum Gasteiger partial charge on any atom is -0.352 e. The van der Waals surface area contributed by atoms with Gasteiger partial charge in [0.05, 0.1) is 0 Å². The molecule has 0 unspecified atom stereocenters. The third kappa shape index (κ3) is 2.98. The number of amides is 1. The fourth-order valence-corrected chi connectivity index (χ4v) is 1.71. The lowest BCUT2D eigenvalue weighted by atomic mass is 10.2. The van der Waals surface area contributed by atoms with Crippen molar-refractivity contribution in [2.45, 2.75) is 6.42 Å². The smallest absolute Gasteiger partial charge is 0.251 e. The van der Waals surface area contributed by atoms with E-state index < -0.39 is 23.4 Å². The lowest BCUT2D eigenvalue weighted by Crippen LogP contribution is -2.26. The number of imidazole rings is 1. The minimum atomic E-state index is -1.59. The van der Waals surface area contributed by atoms with Gasteiger partial charge < -0.3 is 9.88 Å². The number of rotatable bonds is 4. The summed E-state index contributed by atoms with van der Waals surface area (Å²) in [4.78, 5) is 15.7. The largest absolute Gasteiger partial charge is 0.352 e. The van der Waals surface area contributed by atoms with Crippen LogP contribution in [0, 0.1) is 17.5 Å². The Balaban J connectivity index is 1.97. The molecule has 1 heterocycles. The van der Waals surface area contributed by atoms with Crippen LogP contribution in [-0.4, -0.2) is 22.0 Å². The maximum absolute atomic E-state index is 13.0. The summed E-state index contributed by atoms with van der Waals surface area (Å²) in [7, 11) is 1.81. The topological polar surface area (TPSA) is 46.9 Å². The normalized spacial score (nSPS) is 10.6. The van der Waals surface area contributed by atoms with E-state index >= 15 is 0 Å². The van der Waals surface area contributed by atoms with E-state index in [4.69, 9.17) is 0 Å². The number of carbonyl (C=O) groups excluding carboxylic acids is 1. The Labute approximate surface area is 113 Å². The van der Waals surface area contributed by atoms with Crippen molar-refractivity contribution in [1.29, 1.82) is 0 Å². The monoisotopic (exact) mass is 283 g/mol. The molecule has 0 fully saturated rings. The van der Waals surface area contributed by atoms with Gasteiger partial charge in [0.2, 0.25) is 0 Å². The first-order valence-electron chi connectivity index (χ1n) is 5.88. The highest BCUT2D eigenvalue weighted by atomic mass is 19.2. The summed E-state index contributed by atoms with van der Waals surface area (Å²) in [5.41, 5.74) is -0.263. The van der Waals surface area contributed by atoms with Crippen molar-refractivity contribution in [3.8, 4) is 0 Å². The van der Waals surface area contributed by atoms with Gasteiger partial charge in [0.15, 0.2) is 17.5 Å². The quantitative estimate of drug-likeness (QED) is 0.870. The van der Waals surface area contributed by atoms with Gasteiger partial charge in [-0.15, -0.1) is 0 Å². The van der Waals surface area contributed by atoms with Gasteiger partial charge in [-0.3, -0.25) is 4.79 Å². The van der Waals surface area contributed by atoms with Gasteiger partial charge in [-0.05, 0) is 12.1 Å². The number of aryl methyl sites for hydroxylation is 1. The Morgan fingerprint density at radius 3 is 2.50 bits per heavy atom. The molecule has 0 radical (unpaired) electrons. The average molecular weight is 283 g/mol. The Kier molecular flexibility index (Phi) is 4.07. The van der Waals surface area contributed by atoms with Crippen molar-refractivity contribution < 1.29 is 18.0 Å². The van der Waals surface area contributed by atoms with Crippen LogP contribution in [0.15, 0.2) is 24.5 Å². The number of hydrogen-bond acceptors (Lipinski definition) is 2. The molecule has 1 aromatic heterocycles. The third-order valence-corrected chi connectivity index (χ3v) is 2.80. The van der Waals surface area contributed by atoms with Crippen molar-refractivity contribution in [2.75, 3.05) is 6.54 Å². The molecule has 20 heavy (non-hydrogen) atoms. The Hall–Kier alpha value is -2.31. The first kappa shape index (κ1) is 14.1. The fraction of sp³-hybridized carbons (Fsp3) is 0.231. The second kappa shape index (κ2) is 5.77. The zero-order chi connectivity index (χ0) is 14.7. The number of nitrogens with zero attached hydrogens (tertiary/aromatic N) is 2. The number of halogens is 3. The molecule has 0 bridgehead atoms. The van der Waals surface area contributed by atoms with Crippen LogP contribution in [0.5, 0.6) is 0 Å². The molecular formula is C13H12F3N3O. The van der Waals surface area contributed by atoms with Crippen LogP contribution >= 0.6 is 0 Å². The van der Waals surface area contributed by atoms with Gasteiger partial charge in [-0.1, -0.05) is 0 Å². The fourth-order valence-electron chi connectivity index (χ4n) is 1.71. The van der Waals surface area contributed by atoms with Gasteiger partial charge in [-0.25, -0.2) is 18.2 Å². The number of carbonyl (C=O) groups is 1. The second-order valence-corrected chi connectivity index (χ2v) is 4.21. The van der Waals surface area contributed by atoms with E-state index in [-0.39, 0.29) is 12.1 Å². The number of benzene rings is 1. The van der Waals surface area contributed by atoms with Gasteiger partial charge in [0, 0.05) is 38.0 Å². The zero-order valence-corrected chi connectivity index (χ0v) is 10.7. The van der Waals surface area contributed by atoms with Gasteiger partial charge in [0.25, 0.3) is 5.91 Å². The lowest BCUT2D eigenvalue weighted by molar-refractivity contribution is 0.0952. The number of nitrogens with one attached hydrogen (secondary N) is 1. The van der Waals surface area contributed by atoms with Crippen LogP contribution in [0.1, 0.15) is 16.2 Å². The molecule has 1 amide bonds. The highest BCUT2D eigenvalue weighted by Crippen LogP contribution is 2.13. The second-order valence-electron chi connectivity index (χ2n) is 4.21. The van der Waals surface area contributed by atoms with E-state index in [1.54, 1.807) is 17.0 Å². The van der Waals surface area contributed by atoms with E-state index in [1.165, 1.54) is 0 Å². The number of hydrogen-bond donors (Lipinski definition) is 1. The van der Waals surface area contributed by atoms with Crippen LogP contribution in [-0.2, 0) is 13.5 Å². The van der Waals surface area contributed by atoms with Gasteiger partial charge in [0.1, 0.15) is 5.82 Å². The molecule has 0 aliphatic rings. The lowest BCUT2D eigenvalue weighted by Gasteiger charge is -2.06. The summed E-state index contributed by atoms with van der Waals surface area (Å²) >= 11 is 0. The van der Waals surface area contributed by atoms with Crippen LogP contribution in [0.2, 0.25) is 0 Å². The molecule has 0 aliphatic heterocycles. The summed E-state index contributed by atoms with van der Waals surface area (Å²) in [5.74, 6) is -4.27. The highest BCUT2D eigenvalue weighted by Gasteiger charge is 2.14. The molecule has 4 nitrogen and oxygen atoms in total. The molecule has 2 aromatic rings. The molecule has 0 atom stereocenters. The summed E-state index contributed by atoms with van der Waals surface area (Å²) < 4.78 is 40.5. The third-order valence-electron chi connectivity index (χ3n) is 2.80. The van der Waals surface area contributed by atoms with Gasteiger partial charge >= 0.3 is 0 Å². The number of aromatic nitrogens is 2. The Bertz CT molecular complexity index is 617. The molecule has 7 heteroatoms. The predicted octanol–water partition coefficient (Wildman–Crippen LogP) is 1.81. The molecule has 0 saturated heterocycles. The molecule has 0 saturated carbocycles. The van der Waals surface area contributed by atoms with Crippen LogP contribution < -0.4 is 5.32 Å². The van der Waals surface area contributed by atoms with Crippen LogP contribution in [0.4, 0.5) is 13.2 Å². The SMILES string of the molecule is Cn1ccnc1CCNC(=O)c1cc(F)c(F)c(F)c1. The molecule has 106 valence electrons. The minimum absolute atomic E-state index is 0.254. The van der Waals surface area contributed by atoms with Crippen molar-refractivity contribution in [2.24, 2.45) is 7.05 Å². The summed E-state index contributed by atoms with van der Waals surface area (Å²) in [6.07, 6.45) is 3.87. The standard InChI is InChI=1S/C13H12F3N3O/c1-19-5-4-17-11(19)2-3-18-13(20)8-6-9(14)12(16)10(15)7-8/h4-7H,2-3H2,1H3,(H,18,20). The summed E-state index contributed by atoms with van der Waals surface area (Å²) in [5, 5.41) is 2.49. The van der Waals surface area contributed by atoms with Crippen molar-refractivity contribution in [3.63, 3.8) is 0 Å². The molecule has 1 N–H and O–H groups in total. The molecule has 2 rings (SSSR count). The maximum Gasteiger partial charge on any atom is 0.251 e. The van der Waals surface area contributed by atoms with Crippen LogP contribution in [0.3, 0.4) is 0 Å². The van der Waals surface area contributed by atoms with E-state index in [1.807, 2.05) is 7.05 Å². The summed E-state index contributed by atoms with van der Waals surface area (Å²) in [6, 6.07) is 1.32. The maximum atomic E-state index is 13.0. The van der Waals surface area contributed by atoms with E-state index in [0.29, 0.717) is 18.6 Å². The molecule has 0 aliphatic carbocycles. The molecule has 0 spiro atoms. The van der Waals surface area contributed by atoms with Crippen LogP contribution in [0.25, 0.3) is 0 Å². The van der Waals surface area contributed by atoms with E-state index in [2.05, 4.69) is 10.3 Å². The zero-order valence-electron chi connectivity index (χ0n) is 10.7. The van der Waals surface area contributed by atoms with Crippen molar-refractivity contribution in [1.82, 2.24) is 14.9 Å². The summed E-state index contributed by atoms with van der Waals surface area (Å²) in [6.45, 7) is 0.254. The van der Waals surface area contributed by atoms with Crippen molar-refractivity contribution in [3.05, 3.63) is 53.4 Å². The van der Waals surface area contributed by atoms with Crippen molar-refractivity contribution >= 4 is 5.91 Å². The van der Waals surface area contributed by atoms with Gasteiger partial charge in [-0.2, -0.15) is 0 Å². The highest BCUT2D eigenvalue weighted by molar-refractivity contribution is 5.94. The molecule has 1 aromatic carbocycles. The van der Waals surface area contributed by atoms with E-state index in [9.17, 15) is 18.0 Å². The van der Waals surface area contributed by atoms with E-state index in [0.717, 1.165) is 5.82 Å². The first-order valence-corrected chi connectivity index (χ1v) is 5.88. The molecular weight excluding hydrogens is 271 g/mol.